The predicted octanol–water partition coefficient (Wildman–Crippen LogP) is -1.06. The second-order valence-electron chi connectivity index (χ2n) is 1.87. The Hall–Kier alpha value is -0.610. The third-order valence-corrected chi connectivity index (χ3v) is 1.32. The van der Waals surface area contributed by atoms with Crippen LogP contribution in [-0.4, -0.2) is 28.8 Å². The zero-order valence-corrected chi connectivity index (χ0v) is 4.37. The van der Waals surface area contributed by atoms with E-state index in [0.29, 0.717) is 13.0 Å². The summed E-state index contributed by atoms with van der Waals surface area (Å²) in [6.07, 6.45) is 0.686. The summed E-state index contributed by atoms with van der Waals surface area (Å²) in [5.74, 6) is -0.446. The first-order valence-corrected chi connectivity index (χ1v) is 2.46. The molecule has 0 radical (unpaired) electrons. The normalized spacial score (nSPS) is 29.4. The van der Waals surface area contributed by atoms with E-state index in [-0.39, 0.29) is 0 Å². The molecular weight excluding hydrogens is 108 g/mol. The summed E-state index contributed by atoms with van der Waals surface area (Å²) in [7, 11) is 0. The SMILES string of the molecule is NC(=O)C1CCN1O. The Labute approximate surface area is 46.8 Å². The van der Waals surface area contributed by atoms with Gasteiger partial charge in [-0.1, -0.05) is 0 Å². The largest absolute Gasteiger partial charge is 0.368 e. The third-order valence-electron chi connectivity index (χ3n) is 1.32. The van der Waals surface area contributed by atoms with Gasteiger partial charge < -0.3 is 10.9 Å². The number of hydrogen-bond acceptors (Lipinski definition) is 3. The van der Waals surface area contributed by atoms with E-state index < -0.39 is 11.9 Å². The van der Waals surface area contributed by atoms with Crippen molar-refractivity contribution in [2.45, 2.75) is 12.5 Å². The van der Waals surface area contributed by atoms with E-state index in [4.69, 9.17) is 10.9 Å². The number of carbonyl (C=O) groups excluding carboxylic acids is 1. The van der Waals surface area contributed by atoms with Crippen LogP contribution in [0.15, 0.2) is 0 Å². The summed E-state index contributed by atoms with van der Waals surface area (Å²) >= 11 is 0. The maximum Gasteiger partial charge on any atom is 0.237 e. The van der Waals surface area contributed by atoms with Gasteiger partial charge in [-0.15, -0.1) is 0 Å². The van der Waals surface area contributed by atoms with Gasteiger partial charge in [-0.25, -0.2) is 0 Å². The molecule has 1 fully saturated rings. The second-order valence-corrected chi connectivity index (χ2v) is 1.87. The van der Waals surface area contributed by atoms with Crippen LogP contribution in [0.4, 0.5) is 0 Å². The van der Waals surface area contributed by atoms with Crippen LogP contribution in [-0.2, 0) is 4.79 Å². The first-order chi connectivity index (χ1) is 3.72. The Morgan fingerprint density at radius 1 is 1.88 bits per heavy atom. The number of hydroxylamine groups is 2. The van der Waals surface area contributed by atoms with E-state index in [1.54, 1.807) is 0 Å². The van der Waals surface area contributed by atoms with Crippen molar-refractivity contribution in [1.29, 1.82) is 0 Å². The summed E-state index contributed by atoms with van der Waals surface area (Å²) in [4.78, 5) is 10.2. The average molecular weight is 116 g/mol. The summed E-state index contributed by atoms with van der Waals surface area (Å²) in [5, 5.41) is 9.56. The Balaban J connectivity index is 2.37. The molecule has 3 N–H and O–H groups in total. The monoisotopic (exact) mass is 116 g/mol. The lowest BCUT2D eigenvalue weighted by atomic mass is 10.1. The molecule has 1 unspecified atom stereocenters. The van der Waals surface area contributed by atoms with Crippen LogP contribution >= 0.6 is 0 Å². The van der Waals surface area contributed by atoms with Crippen LogP contribution in [0.2, 0.25) is 0 Å². The van der Waals surface area contributed by atoms with Crippen molar-refractivity contribution >= 4 is 5.91 Å². The first kappa shape index (κ1) is 5.53. The number of nitrogens with zero attached hydrogens (tertiary/aromatic N) is 1. The Morgan fingerprint density at radius 2 is 2.50 bits per heavy atom. The summed E-state index contributed by atoms with van der Waals surface area (Å²) in [6.45, 7) is 0.563. The highest BCUT2D eigenvalue weighted by Crippen LogP contribution is 2.11. The second kappa shape index (κ2) is 1.72. The molecule has 4 heteroatoms. The van der Waals surface area contributed by atoms with Crippen molar-refractivity contribution in [1.82, 2.24) is 5.06 Å². The van der Waals surface area contributed by atoms with Crippen molar-refractivity contribution in [3.8, 4) is 0 Å². The Bertz CT molecular complexity index is 115. The zero-order chi connectivity index (χ0) is 6.15. The van der Waals surface area contributed by atoms with Crippen LogP contribution in [0.1, 0.15) is 6.42 Å². The maximum absolute atomic E-state index is 10.2. The molecule has 1 aliphatic rings. The van der Waals surface area contributed by atoms with Gasteiger partial charge in [-0.2, -0.15) is 5.06 Å². The lowest BCUT2D eigenvalue weighted by Crippen LogP contribution is -2.52. The van der Waals surface area contributed by atoms with E-state index in [0.717, 1.165) is 5.06 Å². The highest BCUT2D eigenvalue weighted by molar-refractivity contribution is 5.80. The van der Waals surface area contributed by atoms with E-state index in [1.807, 2.05) is 0 Å². The fraction of sp³-hybridized carbons (Fsp3) is 0.750. The van der Waals surface area contributed by atoms with Crippen LogP contribution < -0.4 is 5.73 Å². The fourth-order valence-corrected chi connectivity index (χ4v) is 0.663. The van der Waals surface area contributed by atoms with E-state index in [9.17, 15) is 4.79 Å². The molecule has 46 valence electrons. The molecule has 1 aliphatic heterocycles. The Kier molecular flexibility index (Phi) is 1.19. The van der Waals surface area contributed by atoms with Crippen molar-refractivity contribution in [2.75, 3.05) is 6.54 Å². The number of amides is 1. The van der Waals surface area contributed by atoms with Gasteiger partial charge in [-0.05, 0) is 6.42 Å². The summed E-state index contributed by atoms with van der Waals surface area (Å²) in [5.41, 5.74) is 4.85. The molecule has 0 bridgehead atoms. The lowest BCUT2D eigenvalue weighted by molar-refractivity contribution is -0.186. The molecule has 8 heavy (non-hydrogen) atoms. The quantitative estimate of drug-likeness (QED) is 0.458. The topological polar surface area (TPSA) is 66.6 Å². The maximum atomic E-state index is 10.2. The zero-order valence-electron chi connectivity index (χ0n) is 4.37. The van der Waals surface area contributed by atoms with Crippen molar-refractivity contribution in [3.63, 3.8) is 0 Å². The molecule has 1 atom stereocenters. The lowest BCUT2D eigenvalue weighted by Gasteiger charge is -2.32. The highest BCUT2D eigenvalue weighted by atomic mass is 16.5. The van der Waals surface area contributed by atoms with Crippen LogP contribution in [0.3, 0.4) is 0 Å². The van der Waals surface area contributed by atoms with Crippen LogP contribution in [0.5, 0.6) is 0 Å². The Morgan fingerprint density at radius 3 is 2.50 bits per heavy atom. The van der Waals surface area contributed by atoms with Gasteiger partial charge in [0.05, 0.1) is 0 Å². The number of rotatable bonds is 1. The molecule has 0 aromatic rings. The molecule has 4 nitrogen and oxygen atoms in total. The van der Waals surface area contributed by atoms with E-state index in [1.165, 1.54) is 0 Å². The molecule has 0 aliphatic carbocycles. The standard InChI is InChI=1S/C4H8N2O2/c5-4(7)3-1-2-6(3)8/h3,8H,1-2H2,(H2,5,7). The van der Waals surface area contributed by atoms with Crippen molar-refractivity contribution in [2.24, 2.45) is 5.73 Å². The molecule has 1 amide bonds. The van der Waals surface area contributed by atoms with Gasteiger partial charge in [-0.3, -0.25) is 4.79 Å². The van der Waals surface area contributed by atoms with Gasteiger partial charge in [0.25, 0.3) is 0 Å². The number of carbonyl (C=O) groups is 1. The molecular formula is C4H8N2O2. The first-order valence-electron chi connectivity index (χ1n) is 2.46. The number of primary amides is 1. The fourth-order valence-electron chi connectivity index (χ4n) is 0.663. The average Bonchev–Trinajstić information content (AvgIpc) is 1.61. The molecule has 1 heterocycles. The predicted molar refractivity (Wildman–Crippen MR) is 26.1 cm³/mol. The van der Waals surface area contributed by atoms with Gasteiger partial charge in [0.15, 0.2) is 0 Å². The highest BCUT2D eigenvalue weighted by Gasteiger charge is 2.30. The van der Waals surface area contributed by atoms with Gasteiger partial charge >= 0.3 is 0 Å². The minimum atomic E-state index is -0.446. The molecule has 1 saturated heterocycles. The summed E-state index contributed by atoms with van der Waals surface area (Å²) < 4.78 is 0. The van der Waals surface area contributed by atoms with Crippen LogP contribution in [0, 0.1) is 0 Å². The molecule has 0 aromatic heterocycles. The van der Waals surface area contributed by atoms with Gasteiger partial charge in [0, 0.05) is 6.54 Å². The number of nitrogens with two attached hydrogens (primary N) is 1. The third kappa shape index (κ3) is 0.677. The minimum absolute atomic E-state index is 0.421. The summed E-state index contributed by atoms with van der Waals surface area (Å²) in [6, 6.07) is -0.421. The molecule has 0 spiro atoms. The number of hydrogen-bond donors (Lipinski definition) is 2. The van der Waals surface area contributed by atoms with Gasteiger partial charge in [0.1, 0.15) is 6.04 Å². The minimum Gasteiger partial charge on any atom is -0.368 e. The molecule has 0 aromatic carbocycles. The van der Waals surface area contributed by atoms with Crippen molar-refractivity contribution < 1.29 is 10.0 Å². The van der Waals surface area contributed by atoms with Crippen LogP contribution in [0.25, 0.3) is 0 Å². The van der Waals surface area contributed by atoms with Crippen molar-refractivity contribution in [3.05, 3.63) is 0 Å². The van der Waals surface area contributed by atoms with Gasteiger partial charge in [0.2, 0.25) is 5.91 Å². The van der Waals surface area contributed by atoms with E-state index >= 15 is 0 Å². The smallest absolute Gasteiger partial charge is 0.237 e. The molecule has 0 saturated carbocycles. The van der Waals surface area contributed by atoms with E-state index in [2.05, 4.69) is 0 Å². The molecule has 1 rings (SSSR count).